The molecule has 0 amide bonds. The summed E-state index contributed by atoms with van der Waals surface area (Å²) in [6, 6.07) is 0. The smallest absolute Gasteiger partial charge is 0.550 e. The summed E-state index contributed by atoms with van der Waals surface area (Å²) in [4.78, 5) is 41.7. The van der Waals surface area contributed by atoms with Crippen molar-refractivity contribution < 1.29 is 39.6 Å². The Labute approximate surface area is 297 Å². The number of carbonyl (C=O) groups is 4. The van der Waals surface area contributed by atoms with Gasteiger partial charge in [-0.15, -0.1) is 0 Å². The first-order chi connectivity index (χ1) is 20.9. The van der Waals surface area contributed by atoms with E-state index in [1.807, 2.05) is 27.7 Å². The zero-order valence-corrected chi connectivity index (χ0v) is 34.1. The van der Waals surface area contributed by atoms with Crippen LogP contribution in [0.2, 0.25) is 0 Å². The molecule has 0 bridgehead atoms. The third-order valence-corrected chi connectivity index (χ3v) is 7.93. The second kappa shape index (κ2) is 40.8. The van der Waals surface area contributed by atoms with Crippen molar-refractivity contribution in [3.63, 3.8) is 0 Å². The van der Waals surface area contributed by atoms with Gasteiger partial charge in [-0.3, -0.25) is 0 Å². The molecule has 0 saturated heterocycles. The Hall–Kier alpha value is -1.20. The molecule has 0 heterocycles. The number of carboxylic acids is 4. The topological polar surface area (TPSA) is 161 Å². The number of aliphatic carboxylic acids is 4. The Kier molecular flexibility index (Phi) is 48.4. The molecule has 0 rings (SSSR count). The van der Waals surface area contributed by atoms with E-state index in [1.165, 1.54) is 0 Å². The van der Waals surface area contributed by atoms with E-state index in [9.17, 15) is 39.6 Å². The van der Waals surface area contributed by atoms with Crippen LogP contribution in [-0.4, -0.2) is 51.2 Å². The molecule has 0 spiro atoms. The zero-order chi connectivity index (χ0) is 34.8. The van der Waals surface area contributed by atoms with Gasteiger partial charge in [0, 0.05) is 23.9 Å². The fraction of sp³-hybridized carbons (Fsp3) is 0.889. The molecule has 0 aromatic rings. The maximum atomic E-state index is 10.4. The van der Waals surface area contributed by atoms with Gasteiger partial charge in [0.25, 0.3) is 0 Å². The number of hydrogen-bond donors (Lipinski definition) is 0. The number of rotatable bonds is 24. The molecule has 9 heteroatoms. The number of carbonyl (C=O) groups excluding carboxylic acids is 4. The van der Waals surface area contributed by atoms with E-state index >= 15 is 0 Å². The monoisotopic (exact) mass is 836 g/mol. The van der Waals surface area contributed by atoms with Crippen LogP contribution in [0.25, 0.3) is 0 Å². The fourth-order valence-electron chi connectivity index (χ4n) is 4.52. The molecule has 4 atom stereocenters. The minimum absolute atomic E-state index is 0. The van der Waals surface area contributed by atoms with Crippen LogP contribution in [0.4, 0.5) is 0 Å². The SMILES string of the molecule is CCCCCC(CC)C(=O)[O-].CCCCCC(CC)C(=O)[O-].CCCCCC(CC)C(=O)[O-].CCCCCC(CC)C(=O)[O-].[Pb+4]. The number of hydrogen-bond acceptors (Lipinski definition) is 8. The van der Waals surface area contributed by atoms with E-state index in [0.29, 0.717) is 25.7 Å². The van der Waals surface area contributed by atoms with Crippen LogP contribution in [0.15, 0.2) is 0 Å². The Morgan fingerprint density at radius 1 is 0.356 bits per heavy atom. The molecule has 8 nitrogen and oxygen atoms in total. The average molecular weight is 836 g/mol. The van der Waals surface area contributed by atoms with Crippen LogP contribution in [0.3, 0.4) is 0 Å². The maximum Gasteiger partial charge on any atom is 4.00 e. The van der Waals surface area contributed by atoms with Gasteiger partial charge in [0.1, 0.15) is 0 Å². The Morgan fingerprint density at radius 3 is 0.600 bits per heavy atom. The summed E-state index contributed by atoms with van der Waals surface area (Å²) in [7, 11) is 0. The summed E-state index contributed by atoms with van der Waals surface area (Å²) in [5.74, 6) is -4.43. The largest absolute Gasteiger partial charge is 4.00 e. The number of unbranched alkanes of at least 4 members (excludes halogenated alkanes) is 8. The molecular formula is C36H68O8Pb. The average Bonchev–Trinajstić information content (AvgIpc) is 2.98. The Morgan fingerprint density at radius 2 is 0.511 bits per heavy atom. The molecule has 0 N–H and O–H groups in total. The molecule has 264 valence electrons. The molecule has 0 aromatic heterocycles. The maximum absolute atomic E-state index is 10.4. The quantitative estimate of drug-likeness (QED) is 0.0972. The van der Waals surface area contributed by atoms with Crippen molar-refractivity contribution in [1.29, 1.82) is 0 Å². The zero-order valence-electron chi connectivity index (χ0n) is 30.2. The molecule has 0 fully saturated rings. The first-order valence-electron chi connectivity index (χ1n) is 17.7. The van der Waals surface area contributed by atoms with Crippen molar-refractivity contribution in [2.75, 3.05) is 0 Å². The predicted molar refractivity (Wildman–Crippen MR) is 177 cm³/mol. The first-order valence-corrected chi connectivity index (χ1v) is 17.7. The van der Waals surface area contributed by atoms with Crippen LogP contribution in [0.1, 0.15) is 184 Å². The summed E-state index contributed by atoms with van der Waals surface area (Å²) in [5, 5.41) is 41.7. The summed E-state index contributed by atoms with van der Waals surface area (Å²) < 4.78 is 0. The molecule has 0 saturated carbocycles. The third-order valence-electron chi connectivity index (χ3n) is 7.93. The molecular weight excluding hydrogens is 768 g/mol. The van der Waals surface area contributed by atoms with Gasteiger partial charge in [-0.2, -0.15) is 0 Å². The predicted octanol–water partition coefficient (Wildman–Crippen LogP) is 4.99. The normalized spacial score (nSPS) is 12.6. The van der Waals surface area contributed by atoms with Crippen LogP contribution < -0.4 is 20.4 Å². The van der Waals surface area contributed by atoms with Crippen LogP contribution in [0, 0.1) is 23.7 Å². The Bertz CT molecular complexity index is 559. The second-order valence-electron chi connectivity index (χ2n) is 11.7. The Balaban J connectivity index is -0.000000157. The molecule has 0 radical (unpaired) electrons. The van der Waals surface area contributed by atoms with Gasteiger partial charge in [0.2, 0.25) is 0 Å². The summed E-state index contributed by atoms with van der Waals surface area (Å²) in [5.41, 5.74) is 0. The van der Waals surface area contributed by atoms with Crippen molar-refractivity contribution in [2.24, 2.45) is 23.7 Å². The molecule has 45 heavy (non-hydrogen) atoms. The van der Waals surface area contributed by atoms with E-state index in [2.05, 4.69) is 27.7 Å². The van der Waals surface area contributed by atoms with Gasteiger partial charge in [0.15, 0.2) is 0 Å². The summed E-state index contributed by atoms with van der Waals surface area (Å²) in [6.07, 6.45) is 19.1. The van der Waals surface area contributed by atoms with Crippen molar-refractivity contribution in [2.45, 2.75) is 184 Å². The van der Waals surface area contributed by atoms with E-state index in [4.69, 9.17) is 0 Å². The van der Waals surface area contributed by atoms with Crippen molar-refractivity contribution in [3.8, 4) is 0 Å². The van der Waals surface area contributed by atoms with Gasteiger partial charge in [0.05, 0.1) is 0 Å². The molecule has 4 unspecified atom stereocenters. The van der Waals surface area contributed by atoms with Gasteiger partial charge < -0.3 is 39.6 Å². The first kappa shape index (κ1) is 53.3. The van der Waals surface area contributed by atoms with Crippen LogP contribution in [-0.2, 0) is 19.2 Å². The van der Waals surface area contributed by atoms with E-state index in [1.54, 1.807) is 0 Å². The number of carboxylic acid groups (broad SMARTS) is 4. The summed E-state index contributed by atoms with van der Waals surface area (Å²) in [6.45, 7) is 16.0. The van der Waals surface area contributed by atoms with Crippen LogP contribution >= 0.6 is 0 Å². The van der Waals surface area contributed by atoms with Gasteiger partial charge >= 0.3 is 27.3 Å². The van der Waals surface area contributed by atoms with E-state index < -0.39 is 23.9 Å². The van der Waals surface area contributed by atoms with E-state index in [0.717, 1.165) is 103 Å². The van der Waals surface area contributed by atoms with Crippen LogP contribution in [0.5, 0.6) is 0 Å². The molecule has 0 aliphatic rings. The fourth-order valence-corrected chi connectivity index (χ4v) is 4.52. The van der Waals surface area contributed by atoms with E-state index in [-0.39, 0.29) is 51.0 Å². The summed E-state index contributed by atoms with van der Waals surface area (Å²) >= 11 is 0. The van der Waals surface area contributed by atoms with Crippen molar-refractivity contribution >= 4 is 51.2 Å². The molecule has 0 aliphatic heterocycles. The third kappa shape index (κ3) is 38.9. The molecule has 0 aliphatic carbocycles. The minimum atomic E-state index is -0.886. The van der Waals surface area contributed by atoms with Crippen molar-refractivity contribution in [3.05, 3.63) is 0 Å². The van der Waals surface area contributed by atoms with Gasteiger partial charge in [-0.25, -0.2) is 0 Å². The standard InChI is InChI=1S/4C9H18O2.Pb/c4*1-3-5-6-7-8(4-2)9(10)11;/h4*8H,3-7H2,1-2H3,(H,10,11);/q;;;;+4/p-4. The second-order valence-corrected chi connectivity index (χ2v) is 11.7. The van der Waals surface area contributed by atoms with Gasteiger partial charge in [-0.1, -0.05) is 132 Å². The minimum Gasteiger partial charge on any atom is -0.550 e. The molecule has 0 aromatic carbocycles. The van der Waals surface area contributed by atoms with Crippen molar-refractivity contribution in [1.82, 2.24) is 0 Å². The van der Waals surface area contributed by atoms with Gasteiger partial charge in [-0.05, 0) is 75.0 Å².